The summed E-state index contributed by atoms with van der Waals surface area (Å²) in [6.45, 7) is 14.9. The number of pyridine rings is 2. The van der Waals surface area contributed by atoms with Crippen molar-refractivity contribution in [1.29, 1.82) is 0 Å². The average molecular weight is 823 g/mol. The molecule has 0 saturated heterocycles. The van der Waals surface area contributed by atoms with E-state index in [-0.39, 0.29) is 0 Å². The van der Waals surface area contributed by atoms with E-state index in [4.69, 9.17) is 4.42 Å². The highest BCUT2D eigenvalue weighted by molar-refractivity contribution is 6.05. The van der Waals surface area contributed by atoms with Crippen molar-refractivity contribution in [3.8, 4) is 22.3 Å². The molecule has 9 rings (SSSR count). The summed E-state index contributed by atoms with van der Waals surface area (Å²) in [7, 11) is 0. The highest BCUT2D eigenvalue weighted by atomic mass is 16.3. The van der Waals surface area contributed by atoms with Gasteiger partial charge in [0.1, 0.15) is 11.2 Å². The molecule has 1 aliphatic rings. The first-order valence-electron chi connectivity index (χ1n) is 22.2. The van der Waals surface area contributed by atoms with Crippen LogP contribution >= 0.6 is 0 Å². The number of aromatic nitrogens is 2. The fraction of sp³-hybridized carbons (Fsp3) is 0.167. The van der Waals surface area contributed by atoms with E-state index in [2.05, 4.69) is 210 Å². The molecule has 63 heavy (non-hydrogen) atoms. The van der Waals surface area contributed by atoms with E-state index in [1.54, 1.807) is 6.20 Å². The molecule has 0 aliphatic heterocycles. The van der Waals surface area contributed by atoms with Crippen LogP contribution in [0.3, 0.4) is 0 Å². The summed E-state index contributed by atoms with van der Waals surface area (Å²) in [6.07, 6.45) is 26.1. The van der Waals surface area contributed by atoms with E-state index in [0.29, 0.717) is 0 Å². The lowest BCUT2D eigenvalue weighted by Crippen LogP contribution is -1.86. The molecule has 0 radical (unpaired) electrons. The van der Waals surface area contributed by atoms with Gasteiger partial charge in [0.15, 0.2) is 0 Å². The molecule has 3 nitrogen and oxygen atoms in total. The molecule has 3 heterocycles. The molecule has 0 saturated carbocycles. The Labute approximate surface area is 374 Å². The van der Waals surface area contributed by atoms with Gasteiger partial charge in [-0.05, 0) is 151 Å². The second-order valence-electron chi connectivity index (χ2n) is 16.3. The number of rotatable bonds is 9. The van der Waals surface area contributed by atoms with Crippen LogP contribution in [0.1, 0.15) is 85.5 Å². The lowest BCUT2D eigenvalue weighted by molar-refractivity contribution is 0.668. The van der Waals surface area contributed by atoms with Crippen molar-refractivity contribution in [3.05, 3.63) is 233 Å². The molecule has 0 unspecified atom stereocenters. The summed E-state index contributed by atoms with van der Waals surface area (Å²) in [5.41, 5.74) is 20.9. The van der Waals surface area contributed by atoms with Gasteiger partial charge < -0.3 is 4.42 Å². The van der Waals surface area contributed by atoms with Crippen LogP contribution in [-0.2, 0) is 12.8 Å². The second kappa shape index (κ2) is 21.1. The van der Waals surface area contributed by atoms with Crippen LogP contribution in [0, 0.1) is 13.8 Å². The summed E-state index contributed by atoms with van der Waals surface area (Å²) in [5.74, 6) is 0. The molecule has 0 fully saturated rings. The average Bonchev–Trinajstić information content (AvgIpc) is 3.87. The summed E-state index contributed by atoms with van der Waals surface area (Å²) in [5, 5.41) is 2.18. The summed E-state index contributed by atoms with van der Waals surface area (Å²) in [4.78, 5) is 8.57. The molecule has 5 aromatic carbocycles. The first-order valence-corrected chi connectivity index (χ1v) is 22.2. The van der Waals surface area contributed by atoms with Crippen LogP contribution < -0.4 is 0 Å². The number of fused-ring (bicyclic) bond motifs is 6. The summed E-state index contributed by atoms with van der Waals surface area (Å²) >= 11 is 0. The zero-order valence-electron chi connectivity index (χ0n) is 37.8. The number of hydrogen-bond donors (Lipinski definition) is 0. The van der Waals surface area contributed by atoms with Crippen molar-refractivity contribution in [1.82, 2.24) is 9.97 Å². The molecule has 0 N–H and O–H groups in total. The summed E-state index contributed by atoms with van der Waals surface area (Å²) < 4.78 is 5.87. The second-order valence-corrected chi connectivity index (χ2v) is 16.3. The quantitative estimate of drug-likeness (QED) is 0.136. The third-order valence-electron chi connectivity index (χ3n) is 11.3. The van der Waals surface area contributed by atoms with Crippen LogP contribution in [0.5, 0.6) is 0 Å². The van der Waals surface area contributed by atoms with E-state index >= 15 is 0 Å². The van der Waals surface area contributed by atoms with E-state index in [9.17, 15) is 0 Å². The number of aryl methyl sites for hydroxylation is 2. The monoisotopic (exact) mass is 822 g/mol. The minimum absolute atomic E-state index is 0.881. The zero-order valence-corrected chi connectivity index (χ0v) is 37.8. The van der Waals surface area contributed by atoms with Crippen molar-refractivity contribution in [3.63, 3.8) is 0 Å². The Hall–Kier alpha value is -7.10. The third kappa shape index (κ3) is 11.1. The normalized spacial score (nSPS) is 12.6. The maximum Gasteiger partial charge on any atom is 0.138 e. The van der Waals surface area contributed by atoms with Crippen molar-refractivity contribution in [2.45, 2.75) is 67.7 Å². The number of benzene rings is 5. The van der Waals surface area contributed by atoms with Crippen molar-refractivity contribution >= 4 is 39.2 Å². The SMILES string of the molecule is C/C(=C\C=C/Cc1cccc(C)c1)c1ccc2oc3ccncc3c2c1.CCC.C\C=C(/C=C\C(C)=C\c1ccccc1C)c1cccc(-c2ccc3c(c2)-c2cnccc2C3)c1. The van der Waals surface area contributed by atoms with E-state index in [0.717, 1.165) is 34.8 Å². The topological polar surface area (TPSA) is 38.9 Å². The van der Waals surface area contributed by atoms with Gasteiger partial charge in [-0.25, -0.2) is 0 Å². The van der Waals surface area contributed by atoms with Crippen LogP contribution in [-0.4, -0.2) is 9.97 Å². The smallest absolute Gasteiger partial charge is 0.138 e. The molecule has 1 aliphatic carbocycles. The Kier molecular flexibility index (Phi) is 14.7. The largest absolute Gasteiger partial charge is 0.456 e. The Morgan fingerprint density at radius 3 is 2.25 bits per heavy atom. The standard InChI is InChI=1S/C33H29N.C24H21NO.C3H8/c1-4-25(13-12-23(2)18-26-9-6-5-8-24(26)3)27-10-7-11-28(19-27)29-14-15-30-20-31-16-17-34-22-33(31)32(30)21-29;1-17-6-5-9-19(14-17)8-4-3-7-18(2)20-10-11-23-21(15-20)22-16-25-13-12-24(22)26-23;1-3-2/h4-19,21-22H,20H2,1-3H3;3-7,9-16H,8H2,1-2H3;3H2,1-2H3/b13-12-,23-18+,25-4+;4-3-,18-7+;. The van der Waals surface area contributed by atoms with Gasteiger partial charge in [0, 0.05) is 41.1 Å². The van der Waals surface area contributed by atoms with Gasteiger partial charge in [0.2, 0.25) is 0 Å². The molecule has 3 heteroatoms. The van der Waals surface area contributed by atoms with Crippen molar-refractivity contribution < 1.29 is 4.42 Å². The fourth-order valence-corrected chi connectivity index (χ4v) is 7.90. The predicted octanol–water partition coefficient (Wildman–Crippen LogP) is 16.6. The minimum Gasteiger partial charge on any atom is -0.456 e. The Morgan fingerprint density at radius 2 is 1.43 bits per heavy atom. The van der Waals surface area contributed by atoms with Crippen molar-refractivity contribution in [2.24, 2.45) is 0 Å². The lowest BCUT2D eigenvalue weighted by atomic mass is 9.95. The molecule has 0 bridgehead atoms. The number of hydrogen-bond acceptors (Lipinski definition) is 3. The minimum atomic E-state index is 0.881. The number of nitrogens with zero attached hydrogens (tertiary/aromatic N) is 2. The highest BCUT2D eigenvalue weighted by Gasteiger charge is 2.19. The van der Waals surface area contributed by atoms with Crippen LogP contribution in [0.15, 0.2) is 193 Å². The molecule has 314 valence electrons. The Bertz CT molecular complexity index is 3000. The van der Waals surface area contributed by atoms with E-state index < -0.39 is 0 Å². The highest BCUT2D eigenvalue weighted by Crippen LogP contribution is 2.39. The lowest BCUT2D eigenvalue weighted by Gasteiger charge is -2.09. The molecule has 3 aromatic heterocycles. The molecule has 0 spiro atoms. The molecule has 0 atom stereocenters. The first kappa shape index (κ1) is 44.0. The maximum absolute atomic E-state index is 5.87. The van der Waals surface area contributed by atoms with Crippen LogP contribution in [0.2, 0.25) is 0 Å². The molecule has 0 amide bonds. The summed E-state index contributed by atoms with van der Waals surface area (Å²) in [6, 6.07) is 43.2. The van der Waals surface area contributed by atoms with Gasteiger partial charge >= 0.3 is 0 Å². The third-order valence-corrected chi connectivity index (χ3v) is 11.3. The van der Waals surface area contributed by atoms with Crippen LogP contribution in [0.4, 0.5) is 0 Å². The first-order chi connectivity index (χ1) is 30.7. The maximum atomic E-state index is 5.87. The van der Waals surface area contributed by atoms with Gasteiger partial charge in [-0.1, -0.05) is 159 Å². The van der Waals surface area contributed by atoms with Gasteiger partial charge in [0.25, 0.3) is 0 Å². The molecular weight excluding hydrogens is 765 g/mol. The van der Waals surface area contributed by atoms with Gasteiger partial charge in [-0.3, -0.25) is 9.97 Å². The molecule has 8 aromatic rings. The zero-order chi connectivity index (χ0) is 44.1. The van der Waals surface area contributed by atoms with E-state index in [1.165, 1.54) is 89.9 Å². The predicted molar refractivity (Wildman–Crippen MR) is 271 cm³/mol. The van der Waals surface area contributed by atoms with Gasteiger partial charge in [-0.2, -0.15) is 0 Å². The Morgan fingerprint density at radius 1 is 0.667 bits per heavy atom. The van der Waals surface area contributed by atoms with Crippen LogP contribution in [0.25, 0.3) is 61.4 Å². The number of furan rings is 1. The van der Waals surface area contributed by atoms with Crippen molar-refractivity contribution in [2.75, 3.05) is 0 Å². The molecular formula is C60H58N2O. The van der Waals surface area contributed by atoms with Gasteiger partial charge in [-0.15, -0.1) is 0 Å². The number of allylic oxidation sites excluding steroid dienone is 9. The fourth-order valence-electron chi connectivity index (χ4n) is 7.90. The van der Waals surface area contributed by atoms with Gasteiger partial charge in [0.05, 0.1) is 0 Å². The van der Waals surface area contributed by atoms with E-state index in [1.807, 2.05) is 30.7 Å². The Balaban J connectivity index is 0.000000183.